The molecule has 0 spiro atoms. The number of hydrogen-bond acceptors (Lipinski definition) is 1. The van der Waals surface area contributed by atoms with Gasteiger partial charge in [0.25, 0.3) is 0 Å². The average Bonchev–Trinajstić information content (AvgIpc) is 2.95. The molecule has 0 bridgehead atoms. The second-order valence-electron chi connectivity index (χ2n) is 5.85. The minimum Gasteiger partial charge on any atom is -0.378 e. The van der Waals surface area contributed by atoms with Gasteiger partial charge < -0.3 is 5.32 Å². The summed E-state index contributed by atoms with van der Waals surface area (Å²) in [6.45, 7) is 0. The van der Waals surface area contributed by atoms with E-state index in [1.54, 1.807) is 0 Å². The molecule has 1 N–H and O–H groups in total. The van der Waals surface area contributed by atoms with Crippen LogP contribution >= 0.6 is 39.1 Å². The Morgan fingerprint density at radius 2 is 1.95 bits per heavy atom. The fourth-order valence-corrected chi connectivity index (χ4v) is 4.83. The molecule has 1 aliphatic heterocycles. The first kappa shape index (κ1) is 14.6. The van der Waals surface area contributed by atoms with Crippen molar-refractivity contribution in [2.75, 3.05) is 5.32 Å². The monoisotopic (exact) mass is 393 g/mol. The zero-order valence-corrected chi connectivity index (χ0v) is 14.8. The third kappa shape index (κ3) is 2.29. The average molecular weight is 395 g/mol. The molecule has 112 valence electrons. The number of benzene rings is 2. The van der Waals surface area contributed by atoms with E-state index >= 15 is 0 Å². The Balaban J connectivity index is 1.86. The Kier molecular flexibility index (Phi) is 3.72. The Labute approximate surface area is 148 Å². The van der Waals surface area contributed by atoms with Crippen molar-refractivity contribution in [3.05, 3.63) is 74.2 Å². The Morgan fingerprint density at radius 1 is 1.14 bits per heavy atom. The summed E-state index contributed by atoms with van der Waals surface area (Å²) in [5.74, 6) is 0.822. The first-order valence-corrected chi connectivity index (χ1v) is 8.86. The van der Waals surface area contributed by atoms with Crippen molar-refractivity contribution < 1.29 is 0 Å². The molecule has 2 aromatic carbocycles. The largest absolute Gasteiger partial charge is 0.378 e. The van der Waals surface area contributed by atoms with E-state index in [4.69, 9.17) is 23.2 Å². The number of halogens is 3. The van der Waals surface area contributed by atoms with Crippen LogP contribution in [0.4, 0.5) is 5.69 Å². The summed E-state index contributed by atoms with van der Waals surface area (Å²) >= 11 is 16.4. The molecule has 22 heavy (non-hydrogen) atoms. The lowest BCUT2D eigenvalue weighted by atomic mass is 9.77. The molecule has 0 saturated heterocycles. The van der Waals surface area contributed by atoms with Crippen molar-refractivity contribution in [2.24, 2.45) is 5.92 Å². The summed E-state index contributed by atoms with van der Waals surface area (Å²) in [5.41, 5.74) is 3.50. The van der Waals surface area contributed by atoms with Crippen molar-refractivity contribution in [1.29, 1.82) is 0 Å². The van der Waals surface area contributed by atoms with Gasteiger partial charge in [0.05, 0.1) is 6.04 Å². The van der Waals surface area contributed by atoms with E-state index in [9.17, 15) is 0 Å². The molecule has 0 aromatic heterocycles. The standard InChI is InChI=1S/C18H14BrCl2N/c19-14-7-2-1-4-13(14)18-12-6-3-5-11(12)17-15(21)8-10(20)9-16(17)22-18/h1-5,7-9,11-12,18,22H,6H2/t11-,12+,18-/m0/s1. The van der Waals surface area contributed by atoms with Crippen molar-refractivity contribution >= 4 is 44.8 Å². The Morgan fingerprint density at radius 3 is 2.77 bits per heavy atom. The molecule has 0 amide bonds. The lowest BCUT2D eigenvalue weighted by Gasteiger charge is -2.38. The first-order valence-electron chi connectivity index (χ1n) is 7.31. The summed E-state index contributed by atoms with van der Waals surface area (Å²) in [5, 5.41) is 5.09. The van der Waals surface area contributed by atoms with E-state index in [-0.39, 0.29) is 6.04 Å². The molecule has 0 fully saturated rings. The zero-order valence-electron chi connectivity index (χ0n) is 11.7. The van der Waals surface area contributed by atoms with Crippen LogP contribution in [0.3, 0.4) is 0 Å². The minimum absolute atomic E-state index is 0.248. The zero-order chi connectivity index (χ0) is 15.3. The predicted octanol–water partition coefficient (Wildman–Crippen LogP) is 6.58. The van der Waals surface area contributed by atoms with Crippen molar-refractivity contribution in [1.82, 2.24) is 0 Å². The van der Waals surface area contributed by atoms with E-state index in [1.165, 1.54) is 11.1 Å². The SMILES string of the molecule is Clc1cc(Cl)c2c(c1)N[C@H](c1ccccc1Br)[C@@H]1CC=C[C@H]21. The molecule has 1 nitrogen and oxygen atoms in total. The van der Waals surface area contributed by atoms with E-state index in [2.05, 4.69) is 51.6 Å². The van der Waals surface area contributed by atoms with E-state index < -0.39 is 0 Å². The summed E-state index contributed by atoms with van der Waals surface area (Å²) < 4.78 is 1.13. The predicted molar refractivity (Wildman–Crippen MR) is 97.0 cm³/mol. The molecule has 0 radical (unpaired) electrons. The Bertz CT molecular complexity index is 772. The van der Waals surface area contributed by atoms with E-state index in [0.717, 1.165) is 21.6 Å². The van der Waals surface area contributed by atoms with Crippen LogP contribution in [0.1, 0.15) is 29.5 Å². The van der Waals surface area contributed by atoms with E-state index in [0.29, 0.717) is 16.9 Å². The van der Waals surface area contributed by atoms with Crippen LogP contribution in [0.25, 0.3) is 0 Å². The maximum Gasteiger partial charge on any atom is 0.0565 e. The highest BCUT2D eigenvalue weighted by Gasteiger charge is 2.39. The second-order valence-corrected chi connectivity index (χ2v) is 7.54. The molecule has 1 aliphatic carbocycles. The van der Waals surface area contributed by atoms with Crippen LogP contribution in [0.5, 0.6) is 0 Å². The number of nitrogens with one attached hydrogen (secondary N) is 1. The lowest BCUT2D eigenvalue weighted by molar-refractivity contribution is 0.425. The van der Waals surface area contributed by atoms with Crippen LogP contribution < -0.4 is 5.32 Å². The van der Waals surface area contributed by atoms with Crippen LogP contribution in [0, 0.1) is 5.92 Å². The fraction of sp³-hybridized carbons (Fsp3) is 0.222. The minimum atomic E-state index is 0.248. The maximum atomic E-state index is 6.47. The van der Waals surface area contributed by atoms with Crippen LogP contribution in [0.2, 0.25) is 10.0 Å². The van der Waals surface area contributed by atoms with E-state index in [1.807, 2.05) is 18.2 Å². The maximum absolute atomic E-state index is 6.47. The van der Waals surface area contributed by atoms with Gasteiger partial charge in [-0.25, -0.2) is 0 Å². The topological polar surface area (TPSA) is 12.0 Å². The summed E-state index contributed by atoms with van der Waals surface area (Å²) in [6, 6.07) is 12.5. The smallest absolute Gasteiger partial charge is 0.0565 e. The second kappa shape index (κ2) is 5.59. The number of hydrogen-bond donors (Lipinski definition) is 1. The number of fused-ring (bicyclic) bond motifs is 3. The van der Waals surface area contributed by atoms with Gasteiger partial charge in [-0.2, -0.15) is 0 Å². The van der Waals surface area contributed by atoms with Crippen LogP contribution in [0.15, 0.2) is 53.0 Å². The normalized spacial score (nSPS) is 25.5. The van der Waals surface area contributed by atoms with Gasteiger partial charge in [-0.3, -0.25) is 0 Å². The third-order valence-electron chi connectivity index (χ3n) is 4.62. The molecule has 3 atom stereocenters. The molecule has 0 unspecified atom stereocenters. The lowest BCUT2D eigenvalue weighted by Crippen LogP contribution is -2.29. The van der Waals surface area contributed by atoms with Gasteiger partial charge in [-0.05, 0) is 36.1 Å². The number of anilines is 1. The molecule has 2 aliphatic rings. The van der Waals surface area contributed by atoms with Gasteiger partial charge >= 0.3 is 0 Å². The summed E-state index contributed by atoms with van der Waals surface area (Å²) in [6.07, 6.45) is 5.61. The van der Waals surface area contributed by atoms with Gasteiger partial charge in [-0.1, -0.05) is 69.5 Å². The highest BCUT2D eigenvalue weighted by molar-refractivity contribution is 9.10. The van der Waals surface area contributed by atoms with Crippen molar-refractivity contribution in [3.8, 4) is 0 Å². The molecule has 1 heterocycles. The number of allylic oxidation sites excluding steroid dienone is 2. The molecular formula is C18H14BrCl2N. The third-order valence-corrected chi connectivity index (χ3v) is 5.87. The highest BCUT2D eigenvalue weighted by Crippen LogP contribution is 2.53. The van der Waals surface area contributed by atoms with Crippen molar-refractivity contribution in [2.45, 2.75) is 18.4 Å². The van der Waals surface area contributed by atoms with Gasteiger partial charge in [0.2, 0.25) is 0 Å². The quantitative estimate of drug-likeness (QED) is 0.538. The van der Waals surface area contributed by atoms with Crippen LogP contribution in [-0.2, 0) is 0 Å². The molecule has 4 heteroatoms. The van der Waals surface area contributed by atoms with Gasteiger partial charge in [0.1, 0.15) is 0 Å². The molecular weight excluding hydrogens is 381 g/mol. The Hall–Kier alpha value is -0.960. The first-order chi connectivity index (χ1) is 10.6. The van der Waals surface area contributed by atoms with Gasteiger partial charge in [-0.15, -0.1) is 0 Å². The van der Waals surface area contributed by atoms with Crippen molar-refractivity contribution in [3.63, 3.8) is 0 Å². The van der Waals surface area contributed by atoms with Crippen LogP contribution in [-0.4, -0.2) is 0 Å². The van der Waals surface area contributed by atoms with Gasteiger partial charge in [0, 0.05) is 31.7 Å². The molecule has 0 saturated carbocycles. The highest BCUT2D eigenvalue weighted by atomic mass is 79.9. The molecule has 2 aromatic rings. The molecule has 4 rings (SSSR count). The number of rotatable bonds is 1. The van der Waals surface area contributed by atoms with Gasteiger partial charge in [0.15, 0.2) is 0 Å². The summed E-state index contributed by atoms with van der Waals surface area (Å²) in [4.78, 5) is 0. The summed E-state index contributed by atoms with van der Waals surface area (Å²) in [7, 11) is 0. The fourth-order valence-electron chi connectivity index (χ4n) is 3.68.